The minimum Gasteiger partial charge on any atom is -0.396 e. The van der Waals surface area contributed by atoms with Gasteiger partial charge in [-0.05, 0) is 24.7 Å². The molecule has 0 unspecified atom stereocenters. The van der Waals surface area contributed by atoms with Gasteiger partial charge in [-0.15, -0.1) is 0 Å². The molecule has 1 rings (SSSR count). The zero-order valence-corrected chi connectivity index (χ0v) is 7.44. The van der Waals surface area contributed by atoms with Gasteiger partial charge >= 0.3 is 0 Å². The van der Waals surface area contributed by atoms with E-state index in [0.717, 1.165) is 19.1 Å². The molecule has 0 saturated carbocycles. The van der Waals surface area contributed by atoms with Gasteiger partial charge in [0, 0.05) is 12.5 Å². The van der Waals surface area contributed by atoms with Crippen LogP contribution in [-0.4, -0.2) is 18.0 Å². The maximum absolute atomic E-state index is 10.7. The van der Waals surface area contributed by atoms with E-state index >= 15 is 0 Å². The van der Waals surface area contributed by atoms with Crippen LogP contribution in [-0.2, 0) is 4.79 Å². The summed E-state index contributed by atoms with van der Waals surface area (Å²) < 4.78 is 0. The van der Waals surface area contributed by atoms with Gasteiger partial charge in [0.05, 0.1) is 0 Å². The second kappa shape index (κ2) is 4.41. The Morgan fingerprint density at radius 3 is 3.00 bits per heavy atom. The molecule has 0 aromatic rings. The van der Waals surface area contributed by atoms with Crippen LogP contribution in [0.25, 0.3) is 0 Å². The van der Waals surface area contributed by atoms with Crippen molar-refractivity contribution >= 4 is 6.29 Å². The van der Waals surface area contributed by atoms with Crippen LogP contribution in [0.5, 0.6) is 0 Å². The van der Waals surface area contributed by atoms with Gasteiger partial charge in [-0.1, -0.05) is 19.1 Å². The third kappa shape index (κ3) is 1.95. The second-order valence-corrected chi connectivity index (χ2v) is 3.51. The number of allylic oxidation sites excluding steroid dienone is 2. The van der Waals surface area contributed by atoms with Gasteiger partial charge in [0.25, 0.3) is 0 Å². The number of carbonyl (C=O) groups excluding carboxylic acids is 1. The third-order valence-electron chi connectivity index (χ3n) is 2.69. The fourth-order valence-corrected chi connectivity index (χ4v) is 1.89. The third-order valence-corrected chi connectivity index (χ3v) is 2.69. The summed E-state index contributed by atoms with van der Waals surface area (Å²) in [5, 5.41) is 8.78. The smallest absolute Gasteiger partial charge is 0.123 e. The van der Waals surface area contributed by atoms with E-state index in [1.165, 1.54) is 0 Å². The zero-order chi connectivity index (χ0) is 8.97. The predicted octanol–water partition coefficient (Wildman–Crippen LogP) is 1.40. The molecule has 1 N–H and O–H groups in total. The lowest BCUT2D eigenvalue weighted by atomic mass is 9.76. The number of carbonyl (C=O) groups is 1. The van der Waals surface area contributed by atoms with E-state index in [1.807, 2.05) is 0 Å². The quantitative estimate of drug-likeness (QED) is 0.511. The summed E-state index contributed by atoms with van der Waals surface area (Å²) in [4.78, 5) is 10.7. The fraction of sp³-hybridized carbons (Fsp3) is 0.700. The number of aldehydes is 1. The average molecular weight is 168 g/mol. The highest BCUT2D eigenvalue weighted by Gasteiger charge is 2.26. The van der Waals surface area contributed by atoms with Gasteiger partial charge in [0.2, 0.25) is 0 Å². The topological polar surface area (TPSA) is 37.3 Å². The highest BCUT2D eigenvalue weighted by Crippen LogP contribution is 2.30. The van der Waals surface area contributed by atoms with Crippen LogP contribution in [0.3, 0.4) is 0 Å². The minimum atomic E-state index is 0.113. The molecule has 0 aromatic heterocycles. The van der Waals surface area contributed by atoms with Crippen molar-refractivity contribution in [1.29, 1.82) is 0 Å². The van der Waals surface area contributed by atoms with Crippen molar-refractivity contribution in [2.24, 2.45) is 17.8 Å². The molecule has 0 spiro atoms. The highest BCUT2D eigenvalue weighted by molar-refractivity contribution is 5.55. The molecule has 3 atom stereocenters. The van der Waals surface area contributed by atoms with Gasteiger partial charge in [-0.2, -0.15) is 0 Å². The van der Waals surface area contributed by atoms with Crippen LogP contribution < -0.4 is 0 Å². The van der Waals surface area contributed by atoms with Crippen molar-refractivity contribution in [3.63, 3.8) is 0 Å². The first kappa shape index (κ1) is 9.46. The first-order chi connectivity index (χ1) is 5.79. The summed E-state index contributed by atoms with van der Waals surface area (Å²) in [6.45, 7) is 2.24. The standard InChI is InChI=1S/C10H16O2/c1-8-3-2-4-9(5-6-11)10(8)7-12/h2-3,7-11H,4-6H2,1H3/t8-,9-,10-/m1/s1. The largest absolute Gasteiger partial charge is 0.396 e. The Morgan fingerprint density at radius 1 is 1.67 bits per heavy atom. The summed E-state index contributed by atoms with van der Waals surface area (Å²) in [5.41, 5.74) is 0. The number of hydrogen-bond donors (Lipinski definition) is 1. The molecular formula is C10H16O2. The van der Waals surface area contributed by atoms with Gasteiger partial charge in [-0.25, -0.2) is 0 Å². The summed E-state index contributed by atoms with van der Waals surface area (Å²) in [6.07, 6.45) is 6.93. The average Bonchev–Trinajstić information content (AvgIpc) is 2.05. The molecule has 0 fully saturated rings. The summed E-state index contributed by atoms with van der Waals surface area (Å²) >= 11 is 0. The molecule has 68 valence electrons. The van der Waals surface area contributed by atoms with Crippen LogP contribution in [0.15, 0.2) is 12.2 Å². The number of rotatable bonds is 3. The predicted molar refractivity (Wildman–Crippen MR) is 47.7 cm³/mol. The van der Waals surface area contributed by atoms with E-state index in [2.05, 4.69) is 19.1 Å². The summed E-state index contributed by atoms with van der Waals surface area (Å²) in [6, 6.07) is 0. The number of aliphatic hydroxyl groups excluding tert-OH is 1. The van der Waals surface area contributed by atoms with Gasteiger partial charge in [0.15, 0.2) is 0 Å². The van der Waals surface area contributed by atoms with Crippen LogP contribution in [0.4, 0.5) is 0 Å². The Morgan fingerprint density at radius 2 is 2.42 bits per heavy atom. The van der Waals surface area contributed by atoms with Gasteiger partial charge < -0.3 is 9.90 Å². The van der Waals surface area contributed by atoms with Crippen molar-refractivity contribution in [3.8, 4) is 0 Å². The molecule has 1 aliphatic rings. The van der Waals surface area contributed by atoms with Crippen LogP contribution in [0.1, 0.15) is 19.8 Å². The van der Waals surface area contributed by atoms with E-state index in [0.29, 0.717) is 11.8 Å². The van der Waals surface area contributed by atoms with E-state index in [-0.39, 0.29) is 12.5 Å². The van der Waals surface area contributed by atoms with Gasteiger partial charge in [-0.3, -0.25) is 0 Å². The summed E-state index contributed by atoms with van der Waals surface area (Å²) in [7, 11) is 0. The monoisotopic (exact) mass is 168 g/mol. The van der Waals surface area contributed by atoms with Gasteiger partial charge in [0.1, 0.15) is 6.29 Å². The van der Waals surface area contributed by atoms with E-state index in [4.69, 9.17) is 5.11 Å². The molecule has 1 aliphatic carbocycles. The normalized spacial score (nSPS) is 35.0. The Bertz CT molecular complexity index is 175. The second-order valence-electron chi connectivity index (χ2n) is 3.51. The molecule has 12 heavy (non-hydrogen) atoms. The molecule has 0 saturated heterocycles. The molecule has 0 amide bonds. The van der Waals surface area contributed by atoms with Crippen molar-refractivity contribution < 1.29 is 9.90 Å². The Labute approximate surface area is 73.3 Å². The number of hydrogen-bond acceptors (Lipinski definition) is 2. The molecule has 0 bridgehead atoms. The minimum absolute atomic E-state index is 0.113. The molecule has 0 radical (unpaired) electrons. The Hall–Kier alpha value is -0.630. The zero-order valence-electron chi connectivity index (χ0n) is 7.44. The van der Waals surface area contributed by atoms with E-state index in [1.54, 1.807) is 0 Å². The number of aliphatic hydroxyl groups is 1. The first-order valence-electron chi connectivity index (χ1n) is 4.52. The van der Waals surface area contributed by atoms with Crippen LogP contribution >= 0.6 is 0 Å². The first-order valence-corrected chi connectivity index (χ1v) is 4.52. The molecule has 0 aliphatic heterocycles. The lowest BCUT2D eigenvalue weighted by Crippen LogP contribution is -2.25. The Kier molecular flexibility index (Phi) is 3.48. The lowest BCUT2D eigenvalue weighted by molar-refractivity contribution is -0.113. The van der Waals surface area contributed by atoms with Crippen LogP contribution in [0.2, 0.25) is 0 Å². The Balaban J connectivity index is 2.60. The molecule has 0 heterocycles. The molecule has 0 aromatic carbocycles. The molecule has 2 heteroatoms. The highest BCUT2D eigenvalue weighted by atomic mass is 16.3. The SMILES string of the molecule is C[C@@H]1C=CC[C@H](CCO)[C@@H]1C=O. The molecule has 2 nitrogen and oxygen atoms in total. The lowest BCUT2D eigenvalue weighted by Gasteiger charge is -2.28. The van der Waals surface area contributed by atoms with Crippen LogP contribution in [0, 0.1) is 17.8 Å². The maximum Gasteiger partial charge on any atom is 0.123 e. The summed E-state index contributed by atoms with van der Waals surface area (Å²) in [5.74, 6) is 0.808. The van der Waals surface area contributed by atoms with E-state index in [9.17, 15) is 4.79 Å². The van der Waals surface area contributed by atoms with Crippen molar-refractivity contribution in [3.05, 3.63) is 12.2 Å². The maximum atomic E-state index is 10.7. The van der Waals surface area contributed by atoms with Crippen molar-refractivity contribution in [2.75, 3.05) is 6.61 Å². The molecular weight excluding hydrogens is 152 g/mol. The van der Waals surface area contributed by atoms with Crippen molar-refractivity contribution in [2.45, 2.75) is 19.8 Å². The fourth-order valence-electron chi connectivity index (χ4n) is 1.89. The van der Waals surface area contributed by atoms with E-state index < -0.39 is 0 Å². The van der Waals surface area contributed by atoms with Crippen molar-refractivity contribution in [1.82, 2.24) is 0 Å².